The smallest absolute Gasteiger partial charge is 0.269 e. The average molecular weight is 415 g/mol. The van der Waals surface area contributed by atoms with E-state index < -0.39 is 10.3 Å². The first kappa shape index (κ1) is 21.7. The van der Waals surface area contributed by atoms with Crippen LogP contribution in [0.3, 0.4) is 0 Å². The summed E-state index contributed by atoms with van der Waals surface area (Å²) in [6.45, 7) is 3.51. The zero-order valence-corrected chi connectivity index (χ0v) is 17.1. The topological polar surface area (TPSA) is 113 Å². The highest BCUT2D eigenvalue weighted by Crippen LogP contribution is 2.37. The summed E-state index contributed by atoms with van der Waals surface area (Å²) in [6.07, 6.45) is 0.975. The summed E-state index contributed by atoms with van der Waals surface area (Å²) in [5.41, 5.74) is 1.12. The Labute approximate surface area is 174 Å². The maximum absolute atomic E-state index is 13.4. The van der Waals surface area contributed by atoms with Crippen molar-refractivity contribution in [2.24, 2.45) is 0 Å². The number of ether oxygens (including phenoxy) is 3. The molecule has 1 aromatic carbocycles. The number of aromatic nitrogens is 1. The lowest BCUT2D eigenvalue weighted by atomic mass is 9.73. The van der Waals surface area contributed by atoms with Crippen molar-refractivity contribution in [2.45, 2.75) is 25.2 Å². The first-order valence-electron chi connectivity index (χ1n) is 9.70. The summed E-state index contributed by atoms with van der Waals surface area (Å²) in [5.74, 6) is 0.274. The third-order valence-electron chi connectivity index (χ3n) is 5.26. The van der Waals surface area contributed by atoms with E-state index in [0.717, 1.165) is 5.56 Å². The molecule has 0 radical (unpaired) electrons. The van der Waals surface area contributed by atoms with Crippen LogP contribution in [-0.2, 0) is 19.7 Å². The van der Waals surface area contributed by atoms with Crippen molar-refractivity contribution in [2.75, 3.05) is 38.9 Å². The summed E-state index contributed by atoms with van der Waals surface area (Å²) in [4.78, 5) is 28.3. The number of pyridine rings is 1. The molecular formula is C21H25N3O6. The number of benzene rings is 1. The Bertz CT molecular complexity index is 894. The number of hydrogen-bond acceptors (Lipinski definition) is 7. The Kier molecular flexibility index (Phi) is 6.96. The second kappa shape index (κ2) is 9.64. The molecule has 0 atom stereocenters. The van der Waals surface area contributed by atoms with E-state index in [4.69, 9.17) is 14.2 Å². The standard InChI is InChI=1S/C21H25N3O6/c1-15-18(7-8-19(22-15)30-14-13-28-2)23-20(25)21(9-11-29-12-10-21)16-3-5-17(6-4-16)24(26)27/h3-8H,9-14H2,1-2H3,(H,23,25). The molecule has 1 N–H and O–H groups in total. The molecule has 2 heterocycles. The van der Waals surface area contributed by atoms with Crippen LogP contribution in [0.25, 0.3) is 0 Å². The lowest BCUT2D eigenvalue weighted by Crippen LogP contribution is -2.45. The van der Waals surface area contributed by atoms with E-state index in [1.165, 1.54) is 12.1 Å². The van der Waals surface area contributed by atoms with Gasteiger partial charge in [0, 0.05) is 38.5 Å². The van der Waals surface area contributed by atoms with Gasteiger partial charge in [0.05, 0.1) is 28.3 Å². The fraction of sp³-hybridized carbons (Fsp3) is 0.429. The van der Waals surface area contributed by atoms with E-state index in [1.807, 2.05) is 0 Å². The van der Waals surface area contributed by atoms with Gasteiger partial charge in [0.1, 0.15) is 6.61 Å². The third kappa shape index (κ3) is 4.74. The van der Waals surface area contributed by atoms with Gasteiger partial charge in [0.25, 0.3) is 5.69 Å². The van der Waals surface area contributed by atoms with Gasteiger partial charge in [-0.05, 0) is 31.4 Å². The predicted molar refractivity (Wildman–Crippen MR) is 110 cm³/mol. The number of nitro benzene ring substituents is 1. The van der Waals surface area contributed by atoms with Crippen molar-refractivity contribution in [1.29, 1.82) is 0 Å². The number of carbonyl (C=O) groups is 1. The molecule has 0 aliphatic carbocycles. The number of amides is 1. The minimum Gasteiger partial charge on any atom is -0.475 e. The summed E-state index contributed by atoms with van der Waals surface area (Å²) >= 11 is 0. The van der Waals surface area contributed by atoms with Gasteiger partial charge in [-0.15, -0.1) is 0 Å². The van der Waals surface area contributed by atoms with Crippen LogP contribution < -0.4 is 10.1 Å². The van der Waals surface area contributed by atoms with E-state index in [-0.39, 0.29) is 11.6 Å². The predicted octanol–water partition coefficient (Wildman–Crippen LogP) is 3.01. The number of rotatable bonds is 8. The lowest BCUT2D eigenvalue weighted by molar-refractivity contribution is -0.384. The van der Waals surface area contributed by atoms with Gasteiger partial charge >= 0.3 is 0 Å². The number of methoxy groups -OCH3 is 1. The third-order valence-corrected chi connectivity index (χ3v) is 5.26. The zero-order chi connectivity index (χ0) is 21.6. The molecule has 1 saturated heterocycles. The van der Waals surface area contributed by atoms with E-state index in [9.17, 15) is 14.9 Å². The van der Waals surface area contributed by atoms with Gasteiger partial charge in [0.15, 0.2) is 0 Å². The summed E-state index contributed by atoms with van der Waals surface area (Å²) in [6, 6.07) is 9.62. The highest BCUT2D eigenvalue weighted by atomic mass is 16.6. The van der Waals surface area contributed by atoms with Crippen molar-refractivity contribution in [3.63, 3.8) is 0 Å². The van der Waals surface area contributed by atoms with Gasteiger partial charge in [-0.25, -0.2) is 4.98 Å². The zero-order valence-electron chi connectivity index (χ0n) is 17.1. The van der Waals surface area contributed by atoms with Crippen LogP contribution in [0.15, 0.2) is 36.4 Å². The Morgan fingerprint density at radius 1 is 1.20 bits per heavy atom. The fourth-order valence-electron chi connectivity index (χ4n) is 3.49. The van der Waals surface area contributed by atoms with Gasteiger partial charge in [-0.3, -0.25) is 14.9 Å². The van der Waals surface area contributed by atoms with Crippen LogP contribution >= 0.6 is 0 Å². The molecule has 1 aliphatic rings. The van der Waals surface area contributed by atoms with E-state index in [1.54, 1.807) is 38.3 Å². The first-order valence-corrected chi connectivity index (χ1v) is 9.70. The number of hydrogen-bond donors (Lipinski definition) is 1. The van der Waals surface area contributed by atoms with Crippen molar-refractivity contribution in [3.05, 3.63) is 57.8 Å². The van der Waals surface area contributed by atoms with Gasteiger partial charge in [-0.1, -0.05) is 12.1 Å². The molecule has 1 amide bonds. The molecule has 160 valence electrons. The van der Waals surface area contributed by atoms with Gasteiger partial charge in [-0.2, -0.15) is 0 Å². The minimum atomic E-state index is -0.826. The van der Waals surface area contributed by atoms with E-state index in [2.05, 4.69) is 10.3 Å². The highest BCUT2D eigenvalue weighted by molar-refractivity contribution is 5.99. The van der Waals surface area contributed by atoms with Crippen LogP contribution in [0.5, 0.6) is 5.88 Å². The SMILES string of the molecule is COCCOc1ccc(NC(=O)C2(c3ccc([N+](=O)[O-])cc3)CCOCC2)c(C)n1. The van der Waals surface area contributed by atoms with E-state index in [0.29, 0.717) is 56.5 Å². The molecule has 1 aromatic heterocycles. The number of carbonyl (C=O) groups excluding carboxylic acids is 1. The molecule has 0 spiro atoms. The summed E-state index contributed by atoms with van der Waals surface area (Å²) in [7, 11) is 1.59. The number of nitrogens with one attached hydrogen (secondary N) is 1. The van der Waals surface area contributed by atoms with Gasteiger partial charge in [0.2, 0.25) is 11.8 Å². The molecule has 0 saturated carbocycles. The van der Waals surface area contributed by atoms with Crippen molar-refractivity contribution < 1.29 is 23.9 Å². The average Bonchev–Trinajstić information content (AvgIpc) is 2.76. The number of nitrogens with zero attached hydrogens (tertiary/aromatic N) is 2. The van der Waals surface area contributed by atoms with Crippen molar-refractivity contribution in [3.8, 4) is 5.88 Å². The normalized spacial score (nSPS) is 15.4. The lowest BCUT2D eigenvalue weighted by Gasteiger charge is -2.36. The Morgan fingerprint density at radius 2 is 1.90 bits per heavy atom. The Balaban J connectivity index is 1.81. The number of non-ortho nitro benzene ring substituents is 1. The second-order valence-corrected chi connectivity index (χ2v) is 7.08. The van der Waals surface area contributed by atoms with Crippen LogP contribution in [-0.4, -0.2) is 49.4 Å². The molecule has 3 rings (SSSR count). The minimum absolute atomic E-state index is 0.00882. The molecular weight excluding hydrogens is 390 g/mol. The van der Waals surface area contributed by atoms with Crippen molar-refractivity contribution in [1.82, 2.24) is 4.98 Å². The first-order chi connectivity index (χ1) is 14.5. The molecule has 30 heavy (non-hydrogen) atoms. The number of aryl methyl sites for hydroxylation is 1. The maximum Gasteiger partial charge on any atom is 0.269 e. The van der Waals surface area contributed by atoms with Crippen LogP contribution in [0.2, 0.25) is 0 Å². The fourth-order valence-corrected chi connectivity index (χ4v) is 3.49. The second-order valence-electron chi connectivity index (χ2n) is 7.08. The van der Waals surface area contributed by atoms with Crippen LogP contribution in [0.4, 0.5) is 11.4 Å². The quantitative estimate of drug-likeness (QED) is 0.400. The molecule has 9 heteroatoms. The molecule has 0 unspecified atom stereocenters. The summed E-state index contributed by atoms with van der Waals surface area (Å²) < 4.78 is 15.9. The molecule has 1 fully saturated rings. The summed E-state index contributed by atoms with van der Waals surface area (Å²) in [5, 5.41) is 14.0. The van der Waals surface area contributed by atoms with Crippen LogP contribution in [0.1, 0.15) is 24.1 Å². The molecule has 0 bridgehead atoms. The molecule has 2 aromatic rings. The number of nitro groups is 1. The maximum atomic E-state index is 13.4. The monoisotopic (exact) mass is 415 g/mol. The molecule has 1 aliphatic heterocycles. The Hall–Kier alpha value is -3.04. The van der Waals surface area contributed by atoms with Crippen molar-refractivity contribution >= 4 is 17.3 Å². The largest absolute Gasteiger partial charge is 0.475 e. The number of anilines is 1. The van der Waals surface area contributed by atoms with E-state index >= 15 is 0 Å². The highest BCUT2D eigenvalue weighted by Gasteiger charge is 2.42. The van der Waals surface area contributed by atoms with Gasteiger partial charge < -0.3 is 19.5 Å². The van der Waals surface area contributed by atoms with Crippen LogP contribution in [0, 0.1) is 17.0 Å². The molecule has 9 nitrogen and oxygen atoms in total. The Morgan fingerprint density at radius 3 is 2.50 bits per heavy atom.